The van der Waals surface area contributed by atoms with Crippen molar-refractivity contribution in [3.63, 3.8) is 0 Å². The molecule has 0 N–H and O–H groups in total. The number of carbonyl (C=O) groups is 1. The number of amides is 1. The Bertz CT molecular complexity index is 1340. The first-order chi connectivity index (χ1) is 16.2. The summed E-state index contributed by atoms with van der Waals surface area (Å²) in [4.78, 5) is 14.7. The number of benzene rings is 3. The lowest BCUT2D eigenvalue weighted by atomic mass is 10.0. The zero-order valence-electron chi connectivity index (χ0n) is 19.2. The van der Waals surface area contributed by atoms with Crippen molar-refractivity contribution >= 4 is 21.4 Å². The normalized spacial score (nSPS) is 14.1. The van der Waals surface area contributed by atoms with Gasteiger partial charge >= 0.3 is 0 Å². The second-order valence-corrected chi connectivity index (χ2v) is 10.4. The molecule has 0 aliphatic carbocycles. The summed E-state index contributed by atoms with van der Waals surface area (Å²) in [7, 11) is -1.92. The minimum atomic E-state index is -3.45. The predicted molar refractivity (Wildman–Crippen MR) is 130 cm³/mol. The average molecular weight is 484 g/mol. The highest BCUT2D eigenvalue weighted by Crippen LogP contribution is 2.41. The highest BCUT2D eigenvalue weighted by Gasteiger charge is 2.36. The summed E-state index contributed by atoms with van der Waals surface area (Å²) >= 11 is 0. The Labute approximate surface area is 198 Å². The van der Waals surface area contributed by atoms with E-state index in [4.69, 9.17) is 9.47 Å². The number of anilines is 1. The summed E-state index contributed by atoms with van der Waals surface area (Å²) in [5, 5.41) is 0. The monoisotopic (exact) mass is 483 g/mol. The van der Waals surface area contributed by atoms with Crippen molar-refractivity contribution in [3.8, 4) is 22.6 Å². The van der Waals surface area contributed by atoms with Crippen molar-refractivity contribution in [1.29, 1.82) is 0 Å². The molecule has 1 heterocycles. The number of methoxy groups -OCH3 is 1. The minimum Gasteiger partial charge on any atom is -0.493 e. The fraction of sp³-hybridized carbons (Fsp3) is 0.269. The van der Waals surface area contributed by atoms with Crippen molar-refractivity contribution in [2.75, 3.05) is 30.6 Å². The Kier molecular flexibility index (Phi) is 6.61. The third-order valence-electron chi connectivity index (χ3n) is 5.78. The van der Waals surface area contributed by atoms with Crippen LogP contribution in [-0.4, -0.2) is 40.1 Å². The van der Waals surface area contributed by atoms with Gasteiger partial charge in [0.1, 0.15) is 15.7 Å². The molecule has 0 saturated heterocycles. The van der Waals surface area contributed by atoms with E-state index in [2.05, 4.69) is 0 Å². The highest BCUT2D eigenvalue weighted by atomic mass is 32.2. The van der Waals surface area contributed by atoms with Crippen LogP contribution in [-0.2, 0) is 21.1 Å². The molecule has 0 fully saturated rings. The zero-order valence-corrected chi connectivity index (χ0v) is 20.1. The van der Waals surface area contributed by atoms with Crippen LogP contribution in [0.3, 0.4) is 0 Å². The SMILES string of the molecule is CCOc1cc([C@@H](CS(C)(=O)=O)N2C(=O)Cc3cc(-c4ccccc4F)ccc32)ccc1OC. The van der Waals surface area contributed by atoms with Crippen LogP contribution in [0.4, 0.5) is 10.1 Å². The Balaban J connectivity index is 1.79. The van der Waals surface area contributed by atoms with Crippen LogP contribution in [0.25, 0.3) is 11.1 Å². The van der Waals surface area contributed by atoms with Gasteiger partial charge in [-0.25, -0.2) is 12.8 Å². The number of sulfone groups is 1. The van der Waals surface area contributed by atoms with E-state index in [9.17, 15) is 17.6 Å². The van der Waals surface area contributed by atoms with Crippen molar-refractivity contribution in [2.24, 2.45) is 0 Å². The van der Waals surface area contributed by atoms with E-state index in [0.29, 0.717) is 40.5 Å². The summed E-state index contributed by atoms with van der Waals surface area (Å²) in [5.41, 5.74) is 3.07. The molecule has 0 bridgehead atoms. The first-order valence-corrected chi connectivity index (χ1v) is 13.0. The van der Waals surface area contributed by atoms with E-state index >= 15 is 0 Å². The van der Waals surface area contributed by atoms with Gasteiger partial charge in [0.2, 0.25) is 5.91 Å². The number of fused-ring (bicyclic) bond motifs is 1. The summed E-state index contributed by atoms with van der Waals surface area (Å²) < 4.78 is 50.1. The fourth-order valence-electron chi connectivity index (χ4n) is 4.32. The molecule has 3 aromatic carbocycles. The highest BCUT2D eigenvalue weighted by molar-refractivity contribution is 7.90. The van der Waals surface area contributed by atoms with E-state index in [1.807, 2.05) is 6.92 Å². The van der Waals surface area contributed by atoms with Gasteiger partial charge in [-0.15, -0.1) is 0 Å². The maximum atomic E-state index is 14.3. The molecular formula is C26H26FNO5S. The Morgan fingerprint density at radius 2 is 1.82 bits per heavy atom. The van der Waals surface area contributed by atoms with Gasteiger partial charge in [-0.2, -0.15) is 0 Å². The van der Waals surface area contributed by atoms with E-state index < -0.39 is 15.9 Å². The Morgan fingerprint density at radius 1 is 1.06 bits per heavy atom. The molecule has 1 aliphatic heterocycles. The maximum absolute atomic E-state index is 14.3. The van der Waals surface area contributed by atoms with Crippen LogP contribution in [0, 0.1) is 5.82 Å². The summed E-state index contributed by atoms with van der Waals surface area (Å²) in [6, 6.07) is 16.2. The maximum Gasteiger partial charge on any atom is 0.232 e. The molecule has 1 atom stereocenters. The van der Waals surface area contributed by atoms with Gasteiger partial charge in [-0.1, -0.05) is 30.3 Å². The topological polar surface area (TPSA) is 72.9 Å². The molecule has 3 aromatic rings. The summed E-state index contributed by atoms with van der Waals surface area (Å²) in [6.07, 6.45) is 1.25. The van der Waals surface area contributed by atoms with Crippen molar-refractivity contribution < 1.29 is 27.1 Å². The molecule has 0 spiro atoms. The number of halogens is 1. The zero-order chi connectivity index (χ0) is 24.5. The van der Waals surface area contributed by atoms with E-state index in [0.717, 1.165) is 11.8 Å². The van der Waals surface area contributed by atoms with Gasteiger partial charge in [0.25, 0.3) is 0 Å². The molecule has 1 aliphatic rings. The third kappa shape index (κ3) is 4.77. The Hall–Kier alpha value is -3.39. The predicted octanol–water partition coefficient (Wildman–Crippen LogP) is 4.58. The molecule has 8 heteroatoms. The average Bonchev–Trinajstić information content (AvgIpc) is 3.12. The molecule has 0 radical (unpaired) electrons. The van der Waals surface area contributed by atoms with Crippen molar-refractivity contribution in [3.05, 3.63) is 77.6 Å². The summed E-state index contributed by atoms with van der Waals surface area (Å²) in [6.45, 7) is 2.24. The number of hydrogen-bond donors (Lipinski definition) is 0. The van der Waals surface area contributed by atoms with Crippen molar-refractivity contribution in [2.45, 2.75) is 19.4 Å². The van der Waals surface area contributed by atoms with Crippen LogP contribution < -0.4 is 14.4 Å². The number of hydrogen-bond acceptors (Lipinski definition) is 5. The molecule has 6 nitrogen and oxygen atoms in total. The van der Waals surface area contributed by atoms with Crippen LogP contribution in [0.2, 0.25) is 0 Å². The first kappa shape index (κ1) is 23.8. The summed E-state index contributed by atoms with van der Waals surface area (Å²) in [5.74, 6) is 0.169. The number of carbonyl (C=O) groups excluding carboxylic acids is 1. The molecular weight excluding hydrogens is 457 g/mol. The quantitative estimate of drug-likeness (QED) is 0.469. The van der Waals surface area contributed by atoms with Gasteiger partial charge in [0.05, 0.1) is 31.9 Å². The van der Waals surface area contributed by atoms with Gasteiger partial charge in [-0.05, 0) is 53.9 Å². The number of ether oxygens (including phenoxy) is 2. The molecule has 4 rings (SSSR count). The van der Waals surface area contributed by atoms with E-state index in [1.54, 1.807) is 54.6 Å². The largest absolute Gasteiger partial charge is 0.493 e. The van der Waals surface area contributed by atoms with Crippen LogP contribution in [0.5, 0.6) is 11.5 Å². The lowest BCUT2D eigenvalue weighted by Gasteiger charge is -2.29. The lowest BCUT2D eigenvalue weighted by molar-refractivity contribution is -0.117. The molecule has 0 saturated carbocycles. The third-order valence-corrected chi connectivity index (χ3v) is 6.70. The van der Waals surface area contributed by atoms with Crippen LogP contribution >= 0.6 is 0 Å². The van der Waals surface area contributed by atoms with Gasteiger partial charge in [-0.3, -0.25) is 4.79 Å². The molecule has 0 aromatic heterocycles. The van der Waals surface area contributed by atoms with Crippen LogP contribution in [0.1, 0.15) is 24.1 Å². The minimum absolute atomic E-state index is 0.104. The van der Waals surface area contributed by atoms with Crippen LogP contribution in [0.15, 0.2) is 60.7 Å². The second-order valence-electron chi connectivity index (χ2n) is 8.22. The van der Waals surface area contributed by atoms with E-state index in [1.165, 1.54) is 18.1 Å². The molecule has 1 amide bonds. The van der Waals surface area contributed by atoms with Gasteiger partial charge in [0, 0.05) is 17.5 Å². The number of rotatable bonds is 8. The lowest BCUT2D eigenvalue weighted by Crippen LogP contribution is -2.35. The molecule has 0 unspecified atom stereocenters. The van der Waals surface area contributed by atoms with Gasteiger partial charge in [0.15, 0.2) is 11.5 Å². The smallest absolute Gasteiger partial charge is 0.232 e. The second kappa shape index (κ2) is 9.46. The fourth-order valence-corrected chi connectivity index (χ4v) is 5.24. The molecule has 34 heavy (non-hydrogen) atoms. The number of nitrogens with zero attached hydrogens (tertiary/aromatic N) is 1. The standard InChI is InChI=1S/C26H26FNO5S/c1-4-33-25-14-18(10-12-24(25)32-2)23(16-34(3,30)31)28-22-11-9-17(13-19(22)15-26(28)29)20-7-5-6-8-21(20)27/h5-14,23H,4,15-16H2,1-3H3/t23-/m1/s1. The van der Waals surface area contributed by atoms with Crippen molar-refractivity contribution in [1.82, 2.24) is 0 Å². The van der Waals surface area contributed by atoms with Gasteiger partial charge < -0.3 is 14.4 Å². The first-order valence-electron chi connectivity index (χ1n) is 10.9. The molecule has 178 valence electrons. The van der Waals surface area contributed by atoms with E-state index in [-0.39, 0.29) is 23.9 Å². The Morgan fingerprint density at radius 3 is 2.50 bits per heavy atom.